The molecule has 2 aromatic heterocycles. The number of anilines is 1. The predicted molar refractivity (Wildman–Crippen MR) is 113 cm³/mol. The van der Waals surface area contributed by atoms with Gasteiger partial charge in [0, 0.05) is 0 Å². The van der Waals surface area contributed by atoms with Crippen LogP contribution in [0.25, 0.3) is 0 Å². The number of carbonyl (C=O) groups is 1. The van der Waals surface area contributed by atoms with Crippen LogP contribution in [0.2, 0.25) is 10.0 Å². The van der Waals surface area contributed by atoms with Gasteiger partial charge in [-0.05, 0) is 29.8 Å². The maximum absolute atomic E-state index is 13.7. The molecule has 35 heavy (non-hydrogen) atoms. The Morgan fingerprint density at radius 3 is 2.34 bits per heavy atom. The first-order valence-electron chi connectivity index (χ1n) is 9.51. The third kappa shape index (κ3) is 5.23. The van der Waals surface area contributed by atoms with Crippen LogP contribution in [-0.2, 0) is 13.2 Å². The first kappa shape index (κ1) is 24.5. The zero-order valence-corrected chi connectivity index (χ0v) is 18.6. The molecule has 0 saturated carbocycles. The fourth-order valence-electron chi connectivity index (χ4n) is 2.85. The largest absolute Gasteiger partial charge is 0.479 e. The number of hydrogen-bond donors (Lipinski definition) is 1. The van der Waals surface area contributed by atoms with Crippen molar-refractivity contribution in [1.29, 1.82) is 0 Å². The molecule has 0 saturated heterocycles. The van der Waals surface area contributed by atoms with Crippen LogP contribution in [0, 0.1) is 29.1 Å². The fourth-order valence-corrected chi connectivity index (χ4v) is 3.17. The molecule has 0 unspecified atom stereocenters. The summed E-state index contributed by atoms with van der Waals surface area (Å²) < 4.78 is 78.3. The zero-order chi connectivity index (χ0) is 25.3. The molecule has 0 fully saturated rings. The Morgan fingerprint density at radius 1 is 0.971 bits per heavy atom. The lowest BCUT2D eigenvalue weighted by atomic mass is 10.2. The van der Waals surface area contributed by atoms with E-state index >= 15 is 0 Å². The van der Waals surface area contributed by atoms with Crippen molar-refractivity contribution in [3.05, 3.63) is 92.9 Å². The molecule has 0 radical (unpaired) electrons. The second kappa shape index (κ2) is 9.92. The molecule has 0 aliphatic heterocycles. The topological polar surface area (TPSA) is 82.2 Å². The normalized spacial score (nSPS) is 11.1. The molecule has 4 rings (SSSR count). The Labute approximate surface area is 203 Å². The van der Waals surface area contributed by atoms with Crippen molar-refractivity contribution in [2.24, 2.45) is 0 Å². The van der Waals surface area contributed by atoms with Gasteiger partial charge < -0.3 is 9.15 Å². The Kier molecular flexibility index (Phi) is 6.94. The van der Waals surface area contributed by atoms with Crippen LogP contribution in [0.4, 0.5) is 27.9 Å². The van der Waals surface area contributed by atoms with Gasteiger partial charge in [-0.3, -0.25) is 10.1 Å². The van der Waals surface area contributed by atoms with E-state index in [9.17, 15) is 26.7 Å². The van der Waals surface area contributed by atoms with Crippen LogP contribution < -0.4 is 10.1 Å². The van der Waals surface area contributed by atoms with Crippen molar-refractivity contribution in [2.45, 2.75) is 13.2 Å². The molecular weight excluding hydrogens is 522 g/mol. The monoisotopic (exact) mass is 532 g/mol. The molecular formula is C21H11Cl2F5N4O3. The molecule has 4 aromatic rings. The Hall–Kier alpha value is -3.64. The van der Waals surface area contributed by atoms with E-state index in [-0.39, 0.29) is 17.5 Å². The maximum Gasteiger partial charge on any atom is 0.293 e. The van der Waals surface area contributed by atoms with E-state index in [1.807, 2.05) is 0 Å². The number of amides is 1. The standard InChI is InChI=1S/C21H11Cl2F5N4O3/c22-11-3-1-9(5-12(11)23)6-32-8-29-21(31-32)30-20(33)13-4-2-10(35-13)7-34-19-17(27)15(25)14(24)16(26)18(19)28/h1-5,8H,6-7H2,(H,30,31,33). The number of benzene rings is 2. The molecule has 1 amide bonds. The molecule has 0 aliphatic rings. The van der Waals surface area contributed by atoms with Crippen molar-refractivity contribution in [3.63, 3.8) is 0 Å². The average molecular weight is 533 g/mol. The van der Waals surface area contributed by atoms with Gasteiger partial charge in [0.15, 0.2) is 11.5 Å². The molecule has 0 atom stereocenters. The van der Waals surface area contributed by atoms with Gasteiger partial charge in [0.25, 0.3) is 5.91 Å². The molecule has 0 spiro atoms. The van der Waals surface area contributed by atoms with Crippen molar-refractivity contribution < 1.29 is 35.9 Å². The van der Waals surface area contributed by atoms with Gasteiger partial charge in [0.05, 0.1) is 16.6 Å². The van der Waals surface area contributed by atoms with E-state index in [1.54, 1.807) is 18.2 Å². The lowest BCUT2D eigenvalue weighted by Crippen LogP contribution is -2.12. The van der Waals surface area contributed by atoms with Gasteiger partial charge >= 0.3 is 0 Å². The third-order valence-electron chi connectivity index (χ3n) is 4.50. The predicted octanol–water partition coefficient (Wildman–Crippen LogP) is 5.75. The summed E-state index contributed by atoms with van der Waals surface area (Å²) in [7, 11) is 0. The zero-order valence-electron chi connectivity index (χ0n) is 17.1. The summed E-state index contributed by atoms with van der Waals surface area (Å²) in [4.78, 5) is 16.3. The van der Waals surface area contributed by atoms with Gasteiger partial charge in [0.1, 0.15) is 18.7 Å². The van der Waals surface area contributed by atoms with Crippen molar-refractivity contribution in [1.82, 2.24) is 14.8 Å². The number of rotatable bonds is 7. The molecule has 2 aromatic carbocycles. The number of carbonyl (C=O) groups excluding carboxylic acids is 1. The number of furan rings is 1. The van der Waals surface area contributed by atoms with Crippen molar-refractivity contribution >= 4 is 35.1 Å². The highest BCUT2D eigenvalue weighted by molar-refractivity contribution is 6.42. The average Bonchev–Trinajstić information content (AvgIpc) is 3.48. The minimum atomic E-state index is -2.31. The molecule has 0 bridgehead atoms. The lowest BCUT2D eigenvalue weighted by Gasteiger charge is -2.09. The number of hydrogen-bond acceptors (Lipinski definition) is 5. The lowest BCUT2D eigenvalue weighted by molar-refractivity contribution is 0.0991. The third-order valence-corrected chi connectivity index (χ3v) is 5.24. The second-order valence-corrected chi connectivity index (χ2v) is 7.74. The molecule has 182 valence electrons. The number of halogens is 7. The maximum atomic E-state index is 13.7. The summed E-state index contributed by atoms with van der Waals surface area (Å²) in [5, 5.41) is 7.25. The van der Waals surface area contributed by atoms with E-state index in [1.165, 1.54) is 23.1 Å². The molecule has 2 heterocycles. The Morgan fingerprint density at radius 2 is 1.66 bits per heavy atom. The smallest absolute Gasteiger partial charge is 0.293 e. The van der Waals surface area contributed by atoms with Crippen molar-refractivity contribution in [3.8, 4) is 5.75 Å². The van der Waals surface area contributed by atoms with Crippen LogP contribution in [0.3, 0.4) is 0 Å². The van der Waals surface area contributed by atoms with Crippen LogP contribution in [0.1, 0.15) is 21.9 Å². The van der Waals surface area contributed by atoms with Gasteiger partial charge in [-0.15, -0.1) is 5.10 Å². The molecule has 0 aliphatic carbocycles. The van der Waals surface area contributed by atoms with Crippen LogP contribution in [-0.4, -0.2) is 20.7 Å². The number of nitrogens with one attached hydrogen (secondary N) is 1. The van der Waals surface area contributed by atoms with E-state index in [0.29, 0.717) is 16.6 Å². The highest BCUT2D eigenvalue weighted by atomic mass is 35.5. The second-order valence-electron chi connectivity index (χ2n) is 6.92. The fraction of sp³-hybridized carbons (Fsp3) is 0.0952. The summed E-state index contributed by atoms with van der Waals surface area (Å²) in [5.74, 6) is -13.5. The number of nitrogens with zero attached hydrogens (tertiary/aromatic N) is 3. The van der Waals surface area contributed by atoms with E-state index in [4.69, 9.17) is 27.6 Å². The number of aromatic nitrogens is 3. The van der Waals surface area contributed by atoms with Crippen LogP contribution in [0.5, 0.6) is 5.75 Å². The van der Waals surface area contributed by atoms with Crippen molar-refractivity contribution in [2.75, 3.05) is 5.32 Å². The SMILES string of the molecule is O=C(Nc1ncn(Cc2ccc(Cl)c(Cl)c2)n1)c1ccc(COc2c(F)c(F)c(F)c(F)c2F)o1. The summed E-state index contributed by atoms with van der Waals surface area (Å²) in [6.07, 6.45) is 1.36. The first-order valence-corrected chi connectivity index (χ1v) is 10.3. The molecule has 7 nitrogen and oxygen atoms in total. The molecule has 1 N–H and O–H groups in total. The van der Waals surface area contributed by atoms with E-state index in [0.717, 1.165) is 5.56 Å². The van der Waals surface area contributed by atoms with Gasteiger partial charge in [-0.25, -0.2) is 22.8 Å². The minimum Gasteiger partial charge on any atom is -0.479 e. The minimum absolute atomic E-state index is 0.0503. The first-order chi connectivity index (χ1) is 16.6. The summed E-state index contributed by atoms with van der Waals surface area (Å²) in [6.45, 7) is -0.429. The van der Waals surface area contributed by atoms with Gasteiger partial charge in [-0.2, -0.15) is 8.78 Å². The molecule has 14 heteroatoms. The highest BCUT2D eigenvalue weighted by Crippen LogP contribution is 2.30. The quantitative estimate of drug-likeness (QED) is 0.186. The van der Waals surface area contributed by atoms with Gasteiger partial charge in [-0.1, -0.05) is 29.3 Å². The number of ether oxygens (including phenoxy) is 1. The Bertz CT molecular complexity index is 1400. The summed E-state index contributed by atoms with van der Waals surface area (Å²) in [5.41, 5.74) is 0.784. The van der Waals surface area contributed by atoms with Crippen LogP contribution in [0.15, 0.2) is 41.1 Å². The van der Waals surface area contributed by atoms with E-state index < -0.39 is 47.3 Å². The van der Waals surface area contributed by atoms with E-state index in [2.05, 4.69) is 20.1 Å². The highest BCUT2D eigenvalue weighted by Gasteiger charge is 2.27. The summed E-state index contributed by atoms with van der Waals surface area (Å²) in [6, 6.07) is 7.45. The van der Waals surface area contributed by atoms with Gasteiger partial charge in [0.2, 0.25) is 35.0 Å². The van der Waals surface area contributed by atoms with Crippen LogP contribution >= 0.6 is 23.2 Å². The Balaban J connectivity index is 1.38. The summed E-state index contributed by atoms with van der Waals surface area (Å²) >= 11 is 11.9.